The summed E-state index contributed by atoms with van der Waals surface area (Å²) in [6.45, 7) is 0. The summed E-state index contributed by atoms with van der Waals surface area (Å²) in [6, 6.07) is 5.06. The standard InChI is InChI=1S/C8H12N2O2S2/c11-14(12,7-3-6-13)10-8-4-1-2-5-9-8/h1-2,4-5,13H,3,6-7H2,(H,9,10). The monoisotopic (exact) mass is 232 g/mol. The average Bonchev–Trinajstić information content (AvgIpc) is 2.16. The molecule has 0 saturated heterocycles. The first-order valence-corrected chi connectivity index (χ1v) is 6.45. The van der Waals surface area contributed by atoms with Crippen LogP contribution in [0, 0.1) is 0 Å². The molecule has 1 N–H and O–H groups in total. The number of aromatic nitrogens is 1. The highest BCUT2D eigenvalue weighted by Gasteiger charge is 2.09. The van der Waals surface area contributed by atoms with Crippen molar-refractivity contribution in [2.45, 2.75) is 6.42 Å². The highest BCUT2D eigenvalue weighted by Crippen LogP contribution is 2.04. The zero-order chi connectivity index (χ0) is 10.4. The van der Waals surface area contributed by atoms with Crippen LogP contribution >= 0.6 is 12.6 Å². The molecule has 1 aromatic heterocycles. The van der Waals surface area contributed by atoms with Crippen molar-refractivity contribution in [3.05, 3.63) is 24.4 Å². The second-order valence-corrected chi connectivity index (χ2v) is 5.00. The van der Waals surface area contributed by atoms with Gasteiger partial charge in [-0.1, -0.05) is 6.07 Å². The SMILES string of the molecule is O=S(=O)(CCCS)Nc1ccccn1. The van der Waals surface area contributed by atoms with E-state index in [1.165, 1.54) is 6.20 Å². The smallest absolute Gasteiger partial charge is 0.233 e. The van der Waals surface area contributed by atoms with Crippen LogP contribution in [0.5, 0.6) is 0 Å². The van der Waals surface area contributed by atoms with Gasteiger partial charge in [0.15, 0.2) is 0 Å². The molecular weight excluding hydrogens is 220 g/mol. The maximum absolute atomic E-state index is 11.4. The quantitative estimate of drug-likeness (QED) is 0.749. The fourth-order valence-electron chi connectivity index (χ4n) is 0.888. The first-order valence-electron chi connectivity index (χ1n) is 4.16. The van der Waals surface area contributed by atoms with Crippen molar-refractivity contribution >= 4 is 28.5 Å². The average molecular weight is 232 g/mol. The van der Waals surface area contributed by atoms with Gasteiger partial charge in [0.05, 0.1) is 5.75 Å². The van der Waals surface area contributed by atoms with Crippen LogP contribution < -0.4 is 4.72 Å². The number of thiol groups is 1. The third-order valence-electron chi connectivity index (χ3n) is 1.50. The van der Waals surface area contributed by atoms with E-state index in [0.717, 1.165) is 0 Å². The molecule has 0 aliphatic rings. The molecule has 0 fully saturated rings. The van der Waals surface area contributed by atoms with Crippen LogP contribution in [0.4, 0.5) is 5.82 Å². The van der Waals surface area contributed by atoms with Gasteiger partial charge in [-0.25, -0.2) is 13.4 Å². The molecule has 0 spiro atoms. The minimum atomic E-state index is -3.26. The van der Waals surface area contributed by atoms with E-state index in [1.807, 2.05) is 0 Å². The van der Waals surface area contributed by atoms with Crippen molar-refractivity contribution < 1.29 is 8.42 Å². The van der Waals surface area contributed by atoms with Crippen LogP contribution in [0.25, 0.3) is 0 Å². The molecule has 0 saturated carbocycles. The van der Waals surface area contributed by atoms with Crippen LogP contribution in [0.3, 0.4) is 0 Å². The number of pyridine rings is 1. The molecule has 0 radical (unpaired) electrons. The Morgan fingerprint density at radius 2 is 2.21 bits per heavy atom. The molecule has 0 aliphatic carbocycles. The Morgan fingerprint density at radius 3 is 2.79 bits per heavy atom. The van der Waals surface area contributed by atoms with Gasteiger partial charge in [0.2, 0.25) is 10.0 Å². The molecule has 1 rings (SSSR count). The van der Waals surface area contributed by atoms with E-state index in [2.05, 4.69) is 22.3 Å². The molecule has 0 unspecified atom stereocenters. The van der Waals surface area contributed by atoms with Gasteiger partial charge >= 0.3 is 0 Å². The van der Waals surface area contributed by atoms with Crippen LogP contribution in [-0.2, 0) is 10.0 Å². The lowest BCUT2D eigenvalue weighted by atomic mass is 10.5. The Kier molecular flexibility index (Phi) is 4.21. The molecule has 0 aliphatic heterocycles. The van der Waals surface area contributed by atoms with Gasteiger partial charge in [-0.15, -0.1) is 0 Å². The molecule has 4 nitrogen and oxygen atoms in total. The summed E-state index contributed by atoms with van der Waals surface area (Å²) in [5.41, 5.74) is 0. The molecule has 0 aromatic carbocycles. The summed E-state index contributed by atoms with van der Waals surface area (Å²) in [6.07, 6.45) is 2.07. The summed E-state index contributed by atoms with van der Waals surface area (Å²) in [5, 5.41) is 0. The molecule has 0 atom stereocenters. The molecule has 0 amide bonds. The molecule has 0 bridgehead atoms. The summed E-state index contributed by atoms with van der Waals surface area (Å²) in [5.74, 6) is 0.989. The molecule has 14 heavy (non-hydrogen) atoms. The topological polar surface area (TPSA) is 59.1 Å². The molecular formula is C8H12N2O2S2. The number of nitrogens with zero attached hydrogens (tertiary/aromatic N) is 1. The first-order chi connectivity index (χ1) is 6.64. The van der Waals surface area contributed by atoms with Crippen molar-refractivity contribution in [1.82, 2.24) is 4.98 Å². The first kappa shape index (κ1) is 11.3. The Labute approximate surface area is 89.2 Å². The van der Waals surface area contributed by atoms with E-state index >= 15 is 0 Å². The third kappa shape index (κ3) is 3.97. The maximum atomic E-state index is 11.4. The predicted octanol–water partition coefficient (Wildman–Crippen LogP) is 1.14. The minimum Gasteiger partial charge on any atom is -0.267 e. The number of nitrogens with one attached hydrogen (secondary N) is 1. The number of hydrogen-bond acceptors (Lipinski definition) is 4. The fourth-order valence-corrected chi connectivity index (χ4v) is 2.33. The lowest BCUT2D eigenvalue weighted by Gasteiger charge is -2.05. The zero-order valence-electron chi connectivity index (χ0n) is 7.55. The van der Waals surface area contributed by atoms with Crippen LogP contribution in [0.15, 0.2) is 24.4 Å². The summed E-state index contributed by atoms with van der Waals surface area (Å²) >= 11 is 3.95. The third-order valence-corrected chi connectivity index (χ3v) is 3.16. The highest BCUT2D eigenvalue weighted by atomic mass is 32.2. The van der Waals surface area contributed by atoms with Gasteiger partial charge in [-0.3, -0.25) is 4.72 Å². The molecule has 1 heterocycles. The Bertz CT molecular complexity index is 364. The second-order valence-electron chi connectivity index (χ2n) is 2.71. The Hall–Kier alpha value is -0.750. The fraction of sp³-hybridized carbons (Fsp3) is 0.375. The normalized spacial score (nSPS) is 11.2. The minimum absolute atomic E-state index is 0.0765. The number of sulfonamides is 1. The second kappa shape index (κ2) is 5.21. The van der Waals surface area contributed by atoms with E-state index < -0.39 is 10.0 Å². The van der Waals surface area contributed by atoms with E-state index in [9.17, 15) is 8.42 Å². The Balaban J connectivity index is 2.60. The lowest BCUT2D eigenvalue weighted by Crippen LogP contribution is -2.17. The van der Waals surface area contributed by atoms with Gasteiger partial charge in [0, 0.05) is 6.20 Å². The van der Waals surface area contributed by atoms with Gasteiger partial charge in [0.25, 0.3) is 0 Å². The summed E-state index contributed by atoms with van der Waals surface area (Å²) in [4.78, 5) is 3.86. The van der Waals surface area contributed by atoms with E-state index in [0.29, 0.717) is 18.0 Å². The van der Waals surface area contributed by atoms with Crippen molar-refractivity contribution in [3.8, 4) is 0 Å². The van der Waals surface area contributed by atoms with Crippen molar-refractivity contribution in [3.63, 3.8) is 0 Å². The van der Waals surface area contributed by atoms with Crippen LogP contribution in [0.2, 0.25) is 0 Å². The lowest BCUT2D eigenvalue weighted by molar-refractivity contribution is 0.600. The number of anilines is 1. The van der Waals surface area contributed by atoms with Crippen LogP contribution in [-0.4, -0.2) is 24.9 Å². The van der Waals surface area contributed by atoms with E-state index in [1.54, 1.807) is 18.2 Å². The van der Waals surface area contributed by atoms with Crippen molar-refractivity contribution in [1.29, 1.82) is 0 Å². The predicted molar refractivity (Wildman–Crippen MR) is 60.1 cm³/mol. The largest absolute Gasteiger partial charge is 0.267 e. The van der Waals surface area contributed by atoms with Gasteiger partial charge < -0.3 is 0 Å². The summed E-state index contributed by atoms with van der Waals surface area (Å²) < 4.78 is 25.1. The van der Waals surface area contributed by atoms with Gasteiger partial charge in [0.1, 0.15) is 5.82 Å². The molecule has 78 valence electrons. The van der Waals surface area contributed by atoms with Gasteiger partial charge in [-0.2, -0.15) is 12.6 Å². The Morgan fingerprint density at radius 1 is 1.43 bits per heavy atom. The molecule has 1 aromatic rings. The van der Waals surface area contributed by atoms with Crippen molar-refractivity contribution in [2.24, 2.45) is 0 Å². The van der Waals surface area contributed by atoms with Crippen molar-refractivity contribution in [2.75, 3.05) is 16.2 Å². The van der Waals surface area contributed by atoms with E-state index in [-0.39, 0.29) is 5.75 Å². The zero-order valence-corrected chi connectivity index (χ0v) is 9.26. The summed E-state index contributed by atoms with van der Waals surface area (Å²) in [7, 11) is -3.26. The number of hydrogen-bond donors (Lipinski definition) is 2. The van der Waals surface area contributed by atoms with E-state index in [4.69, 9.17) is 0 Å². The highest BCUT2D eigenvalue weighted by molar-refractivity contribution is 7.92. The van der Waals surface area contributed by atoms with Gasteiger partial charge in [-0.05, 0) is 24.3 Å². The molecule has 6 heteroatoms. The maximum Gasteiger partial charge on any atom is 0.233 e. The number of rotatable bonds is 5. The van der Waals surface area contributed by atoms with Crippen LogP contribution in [0.1, 0.15) is 6.42 Å².